The quantitative estimate of drug-likeness (QED) is 0.607. The summed E-state index contributed by atoms with van der Waals surface area (Å²) in [5, 5.41) is 18.3. The Hall–Kier alpha value is -2.49. The van der Waals surface area contributed by atoms with Crippen molar-refractivity contribution in [1.82, 2.24) is 5.32 Å². The highest BCUT2D eigenvalue weighted by molar-refractivity contribution is 6.30. The molecule has 3 nitrogen and oxygen atoms in total. The Morgan fingerprint density at radius 2 is 1.68 bits per heavy atom. The molecule has 1 aliphatic heterocycles. The Labute approximate surface area is 152 Å². The molecule has 0 fully saturated rings. The standard InChI is InChI=1S/C21H19ClN2O/c1-21(17-9-5-6-10-19(17)25)23-18-12-11-15(22)13-16(18)20(24-21)14-7-3-2-4-8-14/h2-13,20,23-25H,1H3/t20-,21+/m1/s1. The van der Waals surface area contributed by atoms with Crippen molar-refractivity contribution in [2.24, 2.45) is 0 Å². The Balaban J connectivity index is 1.87. The molecule has 0 unspecified atom stereocenters. The average molecular weight is 351 g/mol. The van der Waals surface area contributed by atoms with Gasteiger partial charge in [0, 0.05) is 16.3 Å². The van der Waals surface area contributed by atoms with Crippen LogP contribution in [0, 0.1) is 0 Å². The smallest absolute Gasteiger partial charge is 0.122 e. The van der Waals surface area contributed by atoms with Crippen molar-refractivity contribution >= 4 is 17.3 Å². The Morgan fingerprint density at radius 3 is 2.44 bits per heavy atom. The number of hydrogen-bond acceptors (Lipinski definition) is 3. The zero-order valence-electron chi connectivity index (χ0n) is 13.8. The number of aromatic hydroxyl groups is 1. The summed E-state index contributed by atoms with van der Waals surface area (Å²) in [7, 11) is 0. The van der Waals surface area contributed by atoms with Crippen LogP contribution in [-0.2, 0) is 5.66 Å². The molecule has 3 N–H and O–H groups in total. The van der Waals surface area contributed by atoms with Crippen LogP contribution in [0.4, 0.5) is 5.69 Å². The van der Waals surface area contributed by atoms with Gasteiger partial charge in [-0.1, -0.05) is 60.1 Å². The Kier molecular flexibility index (Phi) is 3.91. The summed E-state index contributed by atoms with van der Waals surface area (Å²) < 4.78 is 0. The lowest BCUT2D eigenvalue weighted by Crippen LogP contribution is -2.51. The zero-order chi connectivity index (χ0) is 17.4. The van der Waals surface area contributed by atoms with Gasteiger partial charge in [-0.15, -0.1) is 0 Å². The SMILES string of the molecule is C[C@]1(c2ccccc2O)Nc2ccc(Cl)cc2[C@@H](c2ccccc2)N1. The number of hydrogen-bond donors (Lipinski definition) is 3. The number of benzene rings is 3. The van der Waals surface area contributed by atoms with Gasteiger partial charge in [-0.05, 0) is 42.3 Å². The van der Waals surface area contributed by atoms with E-state index in [0.717, 1.165) is 22.4 Å². The number of anilines is 1. The van der Waals surface area contributed by atoms with Crippen molar-refractivity contribution in [3.63, 3.8) is 0 Å². The number of halogens is 1. The molecule has 25 heavy (non-hydrogen) atoms. The van der Waals surface area contributed by atoms with E-state index < -0.39 is 5.66 Å². The zero-order valence-corrected chi connectivity index (χ0v) is 14.6. The van der Waals surface area contributed by atoms with E-state index in [1.54, 1.807) is 6.07 Å². The van der Waals surface area contributed by atoms with Gasteiger partial charge in [-0.2, -0.15) is 0 Å². The largest absolute Gasteiger partial charge is 0.508 e. The first-order valence-electron chi connectivity index (χ1n) is 8.25. The van der Waals surface area contributed by atoms with Crippen LogP contribution in [0.15, 0.2) is 72.8 Å². The van der Waals surface area contributed by atoms with E-state index in [1.807, 2.05) is 61.5 Å². The second-order valence-electron chi connectivity index (χ2n) is 6.49. The molecule has 1 heterocycles. The van der Waals surface area contributed by atoms with Crippen molar-refractivity contribution in [3.05, 3.63) is 94.5 Å². The first kappa shape index (κ1) is 16.0. The van der Waals surface area contributed by atoms with Crippen molar-refractivity contribution < 1.29 is 5.11 Å². The van der Waals surface area contributed by atoms with Gasteiger partial charge in [0.15, 0.2) is 0 Å². The molecule has 0 amide bonds. The van der Waals surface area contributed by atoms with Crippen LogP contribution in [0.2, 0.25) is 5.02 Å². The summed E-state index contributed by atoms with van der Waals surface area (Å²) in [4.78, 5) is 0. The molecule has 4 rings (SSSR count). The lowest BCUT2D eigenvalue weighted by Gasteiger charge is -2.43. The molecular weight excluding hydrogens is 332 g/mol. The van der Waals surface area contributed by atoms with Crippen LogP contribution >= 0.6 is 11.6 Å². The predicted octanol–water partition coefficient (Wildman–Crippen LogP) is 5.02. The summed E-state index contributed by atoms with van der Waals surface area (Å²) in [6, 6.07) is 23.5. The van der Waals surface area contributed by atoms with Crippen molar-refractivity contribution in [3.8, 4) is 5.75 Å². The van der Waals surface area contributed by atoms with E-state index >= 15 is 0 Å². The molecule has 0 bridgehead atoms. The predicted molar refractivity (Wildman–Crippen MR) is 102 cm³/mol. The second-order valence-corrected chi connectivity index (χ2v) is 6.92. The van der Waals surface area contributed by atoms with Crippen molar-refractivity contribution in [2.45, 2.75) is 18.6 Å². The van der Waals surface area contributed by atoms with Crippen LogP contribution in [0.25, 0.3) is 0 Å². The topological polar surface area (TPSA) is 44.3 Å². The van der Waals surface area contributed by atoms with Crippen LogP contribution in [0.3, 0.4) is 0 Å². The third kappa shape index (κ3) is 2.86. The summed E-state index contributed by atoms with van der Waals surface area (Å²) in [6.07, 6.45) is 0. The minimum absolute atomic E-state index is 0.0410. The molecule has 4 heteroatoms. The molecule has 126 valence electrons. The van der Waals surface area contributed by atoms with E-state index in [9.17, 15) is 5.11 Å². The third-order valence-corrected chi connectivity index (χ3v) is 4.95. The van der Waals surface area contributed by atoms with Gasteiger partial charge >= 0.3 is 0 Å². The van der Waals surface area contributed by atoms with Crippen LogP contribution in [0.1, 0.15) is 29.7 Å². The fraction of sp³-hybridized carbons (Fsp3) is 0.143. The van der Waals surface area contributed by atoms with E-state index in [1.165, 1.54) is 0 Å². The highest BCUT2D eigenvalue weighted by Gasteiger charge is 2.37. The van der Waals surface area contributed by atoms with Crippen LogP contribution < -0.4 is 10.6 Å². The molecule has 2 atom stereocenters. The normalized spacial score (nSPS) is 22.1. The van der Waals surface area contributed by atoms with Gasteiger partial charge in [-0.3, -0.25) is 5.32 Å². The molecule has 3 aromatic rings. The number of phenolic OH excluding ortho intramolecular Hbond substituents is 1. The Bertz CT molecular complexity index is 913. The molecule has 0 aromatic heterocycles. The summed E-state index contributed by atoms with van der Waals surface area (Å²) >= 11 is 6.25. The molecule has 0 saturated carbocycles. The lowest BCUT2D eigenvalue weighted by molar-refractivity contribution is 0.349. The highest BCUT2D eigenvalue weighted by atomic mass is 35.5. The van der Waals surface area contributed by atoms with Gasteiger partial charge in [0.2, 0.25) is 0 Å². The van der Waals surface area contributed by atoms with E-state index in [0.29, 0.717) is 5.02 Å². The van der Waals surface area contributed by atoms with Gasteiger partial charge < -0.3 is 10.4 Å². The van der Waals surface area contributed by atoms with Gasteiger partial charge in [0.25, 0.3) is 0 Å². The third-order valence-electron chi connectivity index (χ3n) is 4.72. The number of rotatable bonds is 2. The van der Waals surface area contributed by atoms with Crippen LogP contribution in [0.5, 0.6) is 5.75 Å². The minimum Gasteiger partial charge on any atom is -0.508 e. The van der Waals surface area contributed by atoms with Gasteiger partial charge in [-0.25, -0.2) is 0 Å². The van der Waals surface area contributed by atoms with Crippen molar-refractivity contribution in [2.75, 3.05) is 5.32 Å². The monoisotopic (exact) mass is 350 g/mol. The molecule has 0 spiro atoms. The second kappa shape index (κ2) is 6.10. The molecule has 0 radical (unpaired) electrons. The van der Waals surface area contributed by atoms with Crippen molar-refractivity contribution in [1.29, 1.82) is 0 Å². The maximum absolute atomic E-state index is 10.4. The number of para-hydroxylation sites is 1. The summed E-state index contributed by atoms with van der Waals surface area (Å²) in [5.74, 6) is 0.259. The van der Waals surface area contributed by atoms with Gasteiger partial charge in [0.05, 0.1) is 6.04 Å². The highest BCUT2D eigenvalue weighted by Crippen LogP contribution is 2.42. The molecule has 0 saturated heterocycles. The summed E-state index contributed by atoms with van der Waals surface area (Å²) in [5.41, 5.74) is 3.42. The van der Waals surface area contributed by atoms with Crippen LogP contribution in [-0.4, -0.2) is 5.11 Å². The van der Waals surface area contributed by atoms with Gasteiger partial charge in [0.1, 0.15) is 11.4 Å². The lowest BCUT2D eigenvalue weighted by atomic mass is 9.88. The number of phenols is 1. The first-order chi connectivity index (χ1) is 12.1. The van der Waals surface area contributed by atoms with E-state index in [2.05, 4.69) is 22.8 Å². The maximum atomic E-state index is 10.4. The minimum atomic E-state index is -0.618. The fourth-order valence-electron chi connectivity index (χ4n) is 3.51. The molecule has 1 aliphatic rings. The van der Waals surface area contributed by atoms with E-state index in [4.69, 9.17) is 11.6 Å². The maximum Gasteiger partial charge on any atom is 0.122 e. The van der Waals surface area contributed by atoms with E-state index in [-0.39, 0.29) is 11.8 Å². The molecule has 0 aliphatic carbocycles. The summed E-state index contributed by atoms with van der Waals surface area (Å²) in [6.45, 7) is 2.04. The average Bonchev–Trinajstić information content (AvgIpc) is 2.62. The number of nitrogens with one attached hydrogen (secondary N) is 2. The first-order valence-corrected chi connectivity index (χ1v) is 8.63. The molecular formula is C21H19ClN2O. The Morgan fingerprint density at radius 1 is 0.960 bits per heavy atom. The molecule has 3 aromatic carbocycles. The number of fused-ring (bicyclic) bond motifs is 1. The fourth-order valence-corrected chi connectivity index (χ4v) is 3.69.